The van der Waals surface area contributed by atoms with E-state index in [0.29, 0.717) is 5.69 Å². The van der Waals surface area contributed by atoms with Crippen molar-refractivity contribution in [3.63, 3.8) is 0 Å². The van der Waals surface area contributed by atoms with Crippen molar-refractivity contribution in [1.29, 1.82) is 0 Å². The van der Waals surface area contributed by atoms with E-state index in [0.717, 1.165) is 11.8 Å². The van der Waals surface area contributed by atoms with E-state index in [-0.39, 0.29) is 18.2 Å². The summed E-state index contributed by atoms with van der Waals surface area (Å²) < 4.78 is 17.9. The molecule has 0 bridgehead atoms. The Labute approximate surface area is 150 Å². The maximum atomic E-state index is 12.8. The van der Waals surface area contributed by atoms with Crippen LogP contribution < -0.4 is 10.6 Å². The van der Waals surface area contributed by atoms with Crippen molar-refractivity contribution >= 4 is 35.2 Å². The lowest BCUT2D eigenvalue weighted by Gasteiger charge is -2.16. The highest BCUT2D eigenvalue weighted by Crippen LogP contribution is 2.15. The molecule has 1 aromatic rings. The van der Waals surface area contributed by atoms with Gasteiger partial charge < -0.3 is 15.4 Å². The van der Waals surface area contributed by atoms with Crippen LogP contribution in [-0.2, 0) is 19.1 Å². The second-order valence-corrected chi connectivity index (χ2v) is 6.45. The average Bonchev–Trinajstić information content (AvgIpc) is 2.59. The second-order valence-electron chi connectivity index (χ2n) is 5.12. The first-order valence-electron chi connectivity index (χ1n) is 7.59. The largest absolute Gasteiger partial charge is 0.452 e. The minimum absolute atomic E-state index is 0.0185. The standard InChI is InChI=1S/C17H21FN2O4S/c1-4-9-19-16(22)11(2)24-17(23)12(3)25-10-15(21)20-14-7-5-13(18)6-8-14/h4-8,11-12H,1,9-10H2,2-3H3,(H,19,22)(H,20,21)/t11-,12+/m0/s1. The number of esters is 1. The fraction of sp³-hybridized carbons (Fsp3) is 0.353. The van der Waals surface area contributed by atoms with Gasteiger partial charge in [-0.25, -0.2) is 4.39 Å². The van der Waals surface area contributed by atoms with Gasteiger partial charge in [0, 0.05) is 12.2 Å². The molecule has 2 N–H and O–H groups in total. The molecular formula is C17H21FN2O4S. The highest BCUT2D eigenvalue weighted by molar-refractivity contribution is 8.01. The van der Waals surface area contributed by atoms with E-state index in [1.807, 2.05) is 0 Å². The molecule has 2 atom stereocenters. The molecule has 1 aromatic carbocycles. The molecule has 0 aliphatic rings. The van der Waals surface area contributed by atoms with Crippen molar-refractivity contribution in [3.8, 4) is 0 Å². The third-order valence-corrected chi connectivity index (χ3v) is 4.13. The fourth-order valence-electron chi connectivity index (χ4n) is 1.64. The van der Waals surface area contributed by atoms with E-state index in [4.69, 9.17) is 4.74 Å². The maximum Gasteiger partial charge on any atom is 0.319 e. The van der Waals surface area contributed by atoms with Crippen molar-refractivity contribution in [3.05, 3.63) is 42.7 Å². The summed E-state index contributed by atoms with van der Waals surface area (Å²) in [4.78, 5) is 35.4. The van der Waals surface area contributed by atoms with Gasteiger partial charge in [0.25, 0.3) is 5.91 Å². The van der Waals surface area contributed by atoms with Gasteiger partial charge in [-0.15, -0.1) is 18.3 Å². The van der Waals surface area contributed by atoms with E-state index >= 15 is 0 Å². The fourth-order valence-corrected chi connectivity index (χ4v) is 2.30. The number of hydrogen-bond acceptors (Lipinski definition) is 5. The van der Waals surface area contributed by atoms with Gasteiger partial charge in [-0.3, -0.25) is 14.4 Å². The first-order valence-corrected chi connectivity index (χ1v) is 8.64. The molecule has 6 nitrogen and oxygen atoms in total. The summed E-state index contributed by atoms with van der Waals surface area (Å²) in [5.41, 5.74) is 0.467. The molecule has 0 aliphatic heterocycles. The summed E-state index contributed by atoms with van der Waals surface area (Å²) in [7, 11) is 0. The van der Waals surface area contributed by atoms with E-state index in [2.05, 4.69) is 17.2 Å². The van der Waals surface area contributed by atoms with Crippen molar-refractivity contribution in [1.82, 2.24) is 5.32 Å². The van der Waals surface area contributed by atoms with E-state index in [1.165, 1.54) is 37.3 Å². The van der Waals surface area contributed by atoms with E-state index in [1.54, 1.807) is 6.92 Å². The predicted molar refractivity (Wildman–Crippen MR) is 95.7 cm³/mol. The number of nitrogens with one attached hydrogen (secondary N) is 2. The Balaban J connectivity index is 2.36. The molecule has 0 saturated heterocycles. The topological polar surface area (TPSA) is 84.5 Å². The molecule has 1 rings (SSSR count). The summed E-state index contributed by atoms with van der Waals surface area (Å²) in [5, 5.41) is 4.50. The summed E-state index contributed by atoms with van der Waals surface area (Å²) in [6.45, 7) is 6.82. The molecule has 0 heterocycles. The molecule has 0 saturated carbocycles. The van der Waals surface area contributed by atoms with Crippen LogP contribution in [-0.4, -0.2) is 41.4 Å². The van der Waals surface area contributed by atoms with E-state index in [9.17, 15) is 18.8 Å². The Morgan fingerprint density at radius 3 is 2.52 bits per heavy atom. The number of thioether (sulfide) groups is 1. The second kappa shape index (κ2) is 10.5. The van der Waals surface area contributed by atoms with Crippen LogP contribution in [0.2, 0.25) is 0 Å². The third kappa shape index (κ3) is 7.84. The van der Waals surface area contributed by atoms with Gasteiger partial charge in [-0.1, -0.05) is 6.08 Å². The van der Waals surface area contributed by atoms with Crippen LogP contribution in [0.3, 0.4) is 0 Å². The lowest BCUT2D eigenvalue weighted by atomic mass is 10.3. The minimum Gasteiger partial charge on any atom is -0.452 e. The van der Waals surface area contributed by atoms with Crippen LogP contribution in [0, 0.1) is 5.82 Å². The summed E-state index contributed by atoms with van der Waals surface area (Å²) in [6, 6.07) is 5.36. The molecule has 0 aliphatic carbocycles. The van der Waals surface area contributed by atoms with Gasteiger partial charge in [-0.05, 0) is 38.1 Å². The quantitative estimate of drug-likeness (QED) is 0.515. The van der Waals surface area contributed by atoms with Crippen LogP contribution in [0.25, 0.3) is 0 Å². The lowest BCUT2D eigenvalue weighted by molar-refractivity contribution is -0.153. The molecule has 136 valence electrons. The number of amides is 2. The Hall–Kier alpha value is -2.35. The average molecular weight is 368 g/mol. The summed E-state index contributed by atoms with van der Waals surface area (Å²) in [5.74, 6) is -1.70. The van der Waals surface area contributed by atoms with Gasteiger partial charge in [0.15, 0.2) is 6.10 Å². The number of benzene rings is 1. The smallest absolute Gasteiger partial charge is 0.319 e. The number of anilines is 1. The zero-order chi connectivity index (χ0) is 18.8. The SMILES string of the molecule is C=CCNC(=O)[C@H](C)OC(=O)[C@@H](C)SCC(=O)Nc1ccc(F)cc1. The summed E-state index contributed by atoms with van der Waals surface area (Å²) in [6.07, 6.45) is 0.591. The highest BCUT2D eigenvalue weighted by Gasteiger charge is 2.22. The molecular weight excluding hydrogens is 347 g/mol. The number of carbonyl (C=O) groups is 3. The molecule has 0 radical (unpaired) electrons. The zero-order valence-corrected chi connectivity index (χ0v) is 14.9. The molecule has 0 aromatic heterocycles. The third-order valence-electron chi connectivity index (χ3n) is 3.01. The maximum absolute atomic E-state index is 12.8. The Morgan fingerprint density at radius 1 is 1.28 bits per heavy atom. The Morgan fingerprint density at radius 2 is 1.92 bits per heavy atom. The van der Waals surface area contributed by atoms with Crippen LogP contribution in [0.15, 0.2) is 36.9 Å². The lowest BCUT2D eigenvalue weighted by Crippen LogP contribution is -2.37. The molecule has 8 heteroatoms. The number of ether oxygens (including phenoxy) is 1. The molecule has 0 fully saturated rings. The van der Waals surface area contributed by atoms with Gasteiger partial charge in [0.2, 0.25) is 5.91 Å². The number of hydrogen-bond donors (Lipinski definition) is 2. The highest BCUT2D eigenvalue weighted by atomic mass is 32.2. The first-order chi connectivity index (χ1) is 11.8. The van der Waals surface area contributed by atoms with Crippen molar-refractivity contribution in [2.24, 2.45) is 0 Å². The van der Waals surface area contributed by atoms with Crippen LogP contribution in [0.1, 0.15) is 13.8 Å². The predicted octanol–water partition coefficient (Wildman–Crippen LogP) is 2.12. The van der Waals surface area contributed by atoms with E-state index < -0.39 is 29.0 Å². The molecule has 25 heavy (non-hydrogen) atoms. The zero-order valence-electron chi connectivity index (χ0n) is 14.1. The van der Waals surface area contributed by atoms with Crippen molar-refractivity contribution in [2.75, 3.05) is 17.6 Å². The number of halogens is 1. The molecule has 0 spiro atoms. The van der Waals surface area contributed by atoms with Gasteiger partial charge >= 0.3 is 5.97 Å². The van der Waals surface area contributed by atoms with Gasteiger partial charge in [0.1, 0.15) is 11.1 Å². The molecule has 0 unspecified atom stereocenters. The van der Waals surface area contributed by atoms with Crippen molar-refractivity contribution in [2.45, 2.75) is 25.2 Å². The summed E-state index contributed by atoms with van der Waals surface area (Å²) >= 11 is 1.08. The van der Waals surface area contributed by atoms with Crippen LogP contribution in [0.5, 0.6) is 0 Å². The van der Waals surface area contributed by atoms with Crippen LogP contribution in [0.4, 0.5) is 10.1 Å². The number of rotatable bonds is 9. The normalized spacial score (nSPS) is 12.6. The van der Waals surface area contributed by atoms with Crippen LogP contribution >= 0.6 is 11.8 Å². The molecule has 2 amide bonds. The van der Waals surface area contributed by atoms with Crippen molar-refractivity contribution < 1.29 is 23.5 Å². The minimum atomic E-state index is -0.927. The number of carbonyl (C=O) groups excluding carboxylic acids is 3. The monoisotopic (exact) mass is 368 g/mol. The first kappa shape index (κ1) is 20.7. The Bertz CT molecular complexity index is 622. The van der Waals surface area contributed by atoms with Gasteiger partial charge in [0.05, 0.1) is 5.75 Å². The Kier molecular flexibility index (Phi) is 8.69. The van der Waals surface area contributed by atoms with Gasteiger partial charge in [-0.2, -0.15) is 0 Å².